The Morgan fingerprint density at radius 3 is 2.50 bits per heavy atom. The summed E-state index contributed by atoms with van der Waals surface area (Å²) in [6.45, 7) is 10.3. The van der Waals surface area contributed by atoms with Crippen LogP contribution in [0.15, 0.2) is 12.1 Å². The fourth-order valence-electron chi connectivity index (χ4n) is 6.69. The van der Waals surface area contributed by atoms with Crippen LogP contribution < -0.4 is 4.74 Å². The summed E-state index contributed by atoms with van der Waals surface area (Å²) in [6, 6.07) is 3.21. The normalized spacial score (nSPS) is 40.0. The van der Waals surface area contributed by atoms with Crippen LogP contribution in [0.4, 0.5) is 0 Å². The van der Waals surface area contributed by atoms with E-state index in [0.717, 1.165) is 12.0 Å². The molecule has 4 atom stereocenters. The van der Waals surface area contributed by atoms with E-state index in [2.05, 4.69) is 27.7 Å². The van der Waals surface area contributed by atoms with E-state index in [-0.39, 0.29) is 22.3 Å². The van der Waals surface area contributed by atoms with Crippen LogP contribution in [0.3, 0.4) is 0 Å². The van der Waals surface area contributed by atoms with Crippen LogP contribution in [0.5, 0.6) is 17.2 Å². The van der Waals surface area contributed by atoms with Crippen molar-refractivity contribution in [3.05, 3.63) is 17.7 Å². The van der Waals surface area contributed by atoms with E-state index >= 15 is 0 Å². The second kappa shape index (κ2) is 4.83. The first-order chi connectivity index (χ1) is 11.2. The van der Waals surface area contributed by atoms with Crippen molar-refractivity contribution in [3.63, 3.8) is 0 Å². The van der Waals surface area contributed by atoms with Gasteiger partial charge in [-0.25, -0.2) is 0 Å². The predicted octanol–water partition coefficient (Wildman–Crippen LogP) is 4.99. The second-order valence-electron chi connectivity index (χ2n) is 9.56. The van der Waals surface area contributed by atoms with Gasteiger partial charge in [-0.15, -0.1) is 0 Å². The van der Waals surface area contributed by atoms with Gasteiger partial charge in [0.05, 0.1) is 6.61 Å². The molecule has 1 aliphatic heterocycles. The molecule has 132 valence electrons. The lowest BCUT2D eigenvalue weighted by molar-refractivity contribution is -0.123. The minimum absolute atomic E-state index is 0.0392. The summed E-state index contributed by atoms with van der Waals surface area (Å²) >= 11 is 0. The van der Waals surface area contributed by atoms with Gasteiger partial charge in [-0.3, -0.25) is 0 Å². The van der Waals surface area contributed by atoms with Gasteiger partial charge in [0.1, 0.15) is 5.75 Å². The standard InChI is InChI=1S/C21H30O3/c1-19(2)7-5-8-21(4)16(19)6-9-20(3)14-10-13(22)11-15(23)18(14)24-12-17(20)21/h10-11,16-17,22-23H,5-9,12H2,1-4H3. The van der Waals surface area contributed by atoms with E-state index in [9.17, 15) is 10.2 Å². The molecule has 4 rings (SSSR count). The molecular formula is C21H30O3. The molecule has 3 nitrogen and oxygen atoms in total. The molecule has 3 heteroatoms. The number of aromatic hydroxyl groups is 2. The average Bonchev–Trinajstić information content (AvgIpc) is 2.46. The SMILES string of the molecule is CC1(C)CCCC2(C)C1CCC1(C)c3cc(O)cc(O)c3OCC12. The highest BCUT2D eigenvalue weighted by molar-refractivity contribution is 5.55. The summed E-state index contributed by atoms with van der Waals surface area (Å²) in [6.07, 6.45) is 6.16. The van der Waals surface area contributed by atoms with E-state index < -0.39 is 0 Å². The predicted molar refractivity (Wildman–Crippen MR) is 94.6 cm³/mol. The topological polar surface area (TPSA) is 49.7 Å². The first kappa shape index (κ1) is 16.1. The number of phenolic OH excluding ortho intramolecular Hbond substituents is 2. The Morgan fingerprint density at radius 1 is 1.00 bits per heavy atom. The molecule has 2 N–H and O–H groups in total. The summed E-state index contributed by atoms with van der Waals surface area (Å²) in [5.41, 5.74) is 1.60. The molecule has 0 spiro atoms. The van der Waals surface area contributed by atoms with E-state index in [1.54, 1.807) is 0 Å². The lowest BCUT2D eigenvalue weighted by Gasteiger charge is -2.63. The second-order valence-corrected chi connectivity index (χ2v) is 9.56. The Kier molecular flexibility index (Phi) is 3.24. The smallest absolute Gasteiger partial charge is 0.164 e. The summed E-state index contributed by atoms with van der Waals surface area (Å²) in [5.74, 6) is 1.93. The van der Waals surface area contributed by atoms with Crippen LogP contribution in [0.1, 0.15) is 65.4 Å². The number of benzene rings is 1. The van der Waals surface area contributed by atoms with Crippen molar-refractivity contribution in [2.45, 2.75) is 65.2 Å². The summed E-state index contributed by atoms with van der Waals surface area (Å²) in [7, 11) is 0. The number of hydrogen-bond acceptors (Lipinski definition) is 3. The zero-order valence-corrected chi connectivity index (χ0v) is 15.4. The van der Waals surface area contributed by atoms with Crippen LogP contribution in [0, 0.1) is 22.7 Å². The molecule has 0 radical (unpaired) electrons. The van der Waals surface area contributed by atoms with Gasteiger partial charge in [0.25, 0.3) is 0 Å². The molecule has 0 bridgehead atoms. The number of hydrogen-bond donors (Lipinski definition) is 2. The number of phenols is 2. The molecule has 0 saturated heterocycles. The van der Waals surface area contributed by atoms with Crippen molar-refractivity contribution in [3.8, 4) is 17.2 Å². The maximum absolute atomic E-state index is 10.2. The minimum atomic E-state index is -0.0392. The molecule has 0 aromatic heterocycles. The third-order valence-corrected chi connectivity index (χ3v) is 7.86. The first-order valence-electron chi connectivity index (χ1n) is 9.38. The average molecular weight is 330 g/mol. The first-order valence-corrected chi connectivity index (χ1v) is 9.38. The minimum Gasteiger partial charge on any atom is -0.508 e. The molecule has 0 amide bonds. The molecule has 1 aromatic rings. The molecule has 2 saturated carbocycles. The molecule has 4 unspecified atom stereocenters. The molecule has 2 aliphatic carbocycles. The van der Waals surface area contributed by atoms with Crippen LogP contribution in [0.25, 0.3) is 0 Å². The lowest BCUT2D eigenvalue weighted by Crippen LogP contribution is -2.59. The monoisotopic (exact) mass is 330 g/mol. The molecule has 2 fully saturated rings. The summed E-state index contributed by atoms with van der Waals surface area (Å²) < 4.78 is 6.07. The van der Waals surface area contributed by atoms with E-state index in [1.165, 1.54) is 31.7 Å². The van der Waals surface area contributed by atoms with Crippen molar-refractivity contribution >= 4 is 0 Å². The van der Waals surface area contributed by atoms with Gasteiger partial charge in [-0.1, -0.05) is 34.1 Å². The van der Waals surface area contributed by atoms with Gasteiger partial charge < -0.3 is 14.9 Å². The Hall–Kier alpha value is -1.38. The van der Waals surface area contributed by atoms with Crippen molar-refractivity contribution in [1.82, 2.24) is 0 Å². The third-order valence-electron chi connectivity index (χ3n) is 7.86. The van der Waals surface area contributed by atoms with E-state index in [4.69, 9.17) is 4.74 Å². The summed E-state index contributed by atoms with van der Waals surface area (Å²) in [4.78, 5) is 0. The number of fused-ring (bicyclic) bond motifs is 5. The largest absolute Gasteiger partial charge is 0.508 e. The van der Waals surface area contributed by atoms with E-state index in [0.29, 0.717) is 29.6 Å². The molecular weight excluding hydrogens is 300 g/mol. The van der Waals surface area contributed by atoms with Crippen molar-refractivity contribution in [1.29, 1.82) is 0 Å². The lowest BCUT2D eigenvalue weighted by atomic mass is 9.42. The van der Waals surface area contributed by atoms with Crippen LogP contribution >= 0.6 is 0 Å². The highest BCUT2D eigenvalue weighted by Crippen LogP contribution is 2.66. The quantitative estimate of drug-likeness (QED) is 0.704. The highest BCUT2D eigenvalue weighted by Gasteiger charge is 2.60. The van der Waals surface area contributed by atoms with Gasteiger partial charge >= 0.3 is 0 Å². The Bertz CT molecular complexity index is 680. The van der Waals surface area contributed by atoms with Crippen molar-refractivity contribution in [2.24, 2.45) is 22.7 Å². The zero-order valence-electron chi connectivity index (χ0n) is 15.4. The Labute approximate surface area is 145 Å². The zero-order chi connectivity index (χ0) is 17.3. The van der Waals surface area contributed by atoms with Gasteiger partial charge in [0, 0.05) is 23.0 Å². The molecule has 3 aliphatic rings. The summed E-state index contributed by atoms with van der Waals surface area (Å²) in [5, 5.41) is 20.3. The van der Waals surface area contributed by atoms with Gasteiger partial charge in [-0.05, 0) is 48.5 Å². The highest BCUT2D eigenvalue weighted by atomic mass is 16.5. The van der Waals surface area contributed by atoms with Crippen LogP contribution in [-0.4, -0.2) is 16.8 Å². The maximum atomic E-state index is 10.2. The number of ether oxygens (including phenoxy) is 1. The molecule has 1 aromatic carbocycles. The van der Waals surface area contributed by atoms with Gasteiger partial charge in [0.15, 0.2) is 11.5 Å². The number of rotatable bonds is 0. The maximum Gasteiger partial charge on any atom is 0.164 e. The van der Waals surface area contributed by atoms with Gasteiger partial charge in [0.2, 0.25) is 0 Å². The Morgan fingerprint density at radius 2 is 1.75 bits per heavy atom. The van der Waals surface area contributed by atoms with Crippen molar-refractivity contribution in [2.75, 3.05) is 6.61 Å². The van der Waals surface area contributed by atoms with Gasteiger partial charge in [-0.2, -0.15) is 0 Å². The fourth-order valence-corrected chi connectivity index (χ4v) is 6.69. The fraction of sp³-hybridized carbons (Fsp3) is 0.714. The Balaban J connectivity index is 1.84. The van der Waals surface area contributed by atoms with E-state index in [1.807, 2.05) is 6.07 Å². The molecule has 1 heterocycles. The third kappa shape index (κ3) is 1.96. The van der Waals surface area contributed by atoms with Crippen molar-refractivity contribution < 1.29 is 14.9 Å². The van der Waals surface area contributed by atoms with Crippen LogP contribution in [0.2, 0.25) is 0 Å². The van der Waals surface area contributed by atoms with Crippen LogP contribution in [-0.2, 0) is 5.41 Å². The molecule has 24 heavy (non-hydrogen) atoms.